The summed E-state index contributed by atoms with van der Waals surface area (Å²) < 4.78 is 20.0. The van der Waals surface area contributed by atoms with Gasteiger partial charge in [-0.1, -0.05) is 46.3 Å². The molecule has 6 nitrogen and oxygen atoms in total. The Hall–Kier alpha value is -2.71. The molecule has 30 heavy (non-hydrogen) atoms. The van der Waals surface area contributed by atoms with E-state index in [-0.39, 0.29) is 19.0 Å². The number of hydrogen-bond donors (Lipinski definition) is 2. The molecule has 0 bridgehead atoms. The van der Waals surface area contributed by atoms with Crippen molar-refractivity contribution in [2.75, 3.05) is 24.5 Å². The standard InChI is InChI=1S/C22H23BrFN3O3/c1-15(28)26-13-19-14-27(22(29)30-19)18-7-8-20(21(24)11-18)17-5-3-16(4-6-17)12-25-10-2-9-23/h2-9,11,19,25H,10,12-14H2,1H3,(H,26,28)/b9-2+/t19-/m0/s1. The lowest BCUT2D eigenvalue weighted by Crippen LogP contribution is -2.33. The summed E-state index contributed by atoms with van der Waals surface area (Å²) in [5.41, 5.74) is 2.74. The summed E-state index contributed by atoms with van der Waals surface area (Å²) in [6.45, 7) is 3.35. The molecule has 1 atom stereocenters. The van der Waals surface area contributed by atoms with Crippen molar-refractivity contribution in [3.63, 3.8) is 0 Å². The molecule has 0 radical (unpaired) electrons. The smallest absolute Gasteiger partial charge is 0.414 e. The minimum Gasteiger partial charge on any atom is -0.442 e. The van der Waals surface area contributed by atoms with Gasteiger partial charge in [-0.15, -0.1) is 0 Å². The lowest BCUT2D eigenvalue weighted by molar-refractivity contribution is -0.119. The van der Waals surface area contributed by atoms with Crippen molar-refractivity contribution in [1.82, 2.24) is 10.6 Å². The molecule has 0 spiro atoms. The summed E-state index contributed by atoms with van der Waals surface area (Å²) in [6, 6.07) is 12.4. The van der Waals surface area contributed by atoms with Crippen molar-refractivity contribution in [2.45, 2.75) is 19.6 Å². The zero-order valence-electron chi connectivity index (χ0n) is 16.5. The number of amides is 2. The van der Waals surface area contributed by atoms with Crippen LogP contribution in [0.4, 0.5) is 14.9 Å². The molecule has 1 saturated heterocycles. The summed E-state index contributed by atoms with van der Waals surface area (Å²) in [6.07, 6.45) is 0.947. The fourth-order valence-electron chi connectivity index (χ4n) is 3.15. The summed E-state index contributed by atoms with van der Waals surface area (Å²) in [4.78, 5) is 26.3. The second-order valence-electron chi connectivity index (χ2n) is 6.91. The maximum atomic E-state index is 14.8. The molecule has 0 unspecified atom stereocenters. The van der Waals surface area contributed by atoms with E-state index in [9.17, 15) is 14.0 Å². The van der Waals surface area contributed by atoms with Gasteiger partial charge in [-0.3, -0.25) is 9.69 Å². The molecule has 2 N–H and O–H groups in total. The predicted octanol–water partition coefficient (Wildman–Crippen LogP) is 3.95. The van der Waals surface area contributed by atoms with Crippen LogP contribution in [-0.2, 0) is 16.1 Å². The molecule has 2 amide bonds. The van der Waals surface area contributed by atoms with E-state index < -0.39 is 18.0 Å². The van der Waals surface area contributed by atoms with Crippen LogP contribution in [0, 0.1) is 5.82 Å². The molecule has 0 saturated carbocycles. The van der Waals surface area contributed by atoms with Crippen molar-refractivity contribution in [3.8, 4) is 11.1 Å². The summed E-state index contributed by atoms with van der Waals surface area (Å²) >= 11 is 3.22. The fourth-order valence-corrected chi connectivity index (χ4v) is 3.34. The van der Waals surface area contributed by atoms with Gasteiger partial charge in [-0.2, -0.15) is 0 Å². The van der Waals surface area contributed by atoms with Crippen molar-refractivity contribution >= 4 is 33.6 Å². The van der Waals surface area contributed by atoms with E-state index in [4.69, 9.17) is 4.74 Å². The molecule has 1 aliphatic rings. The third-order valence-corrected chi connectivity index (χ3v) is 5.04. The maximum Gasteiger partial charge on any atom is 0.414 e. The summed E-state index contributed by atoms with van der Waals surface area (Å²) in [7, 11) is 0. The fraction of sp³-hybridized carbons (Fsp3) is 0.273. The SMILES string of the molecule is CC(=O)NC[C@H]1CN(c2ccc(-c3ccc(CNC/C=C/Br)cc3)c(F)c2)C(=O)O1. The Balaban J connectivity index is 1.66. The first-order valence-electron chi connectivity index (χ1n) is 9.55. The minimum atomic E-state index is -0.552. The van der Waals surface area contributed by atoms with Crippen LogP contribution in [0.1, 0.15) is 12.5 Å². The molecule has 1 aliphatic heterocycles. The third kappa shape index (κ3) is 5.67. The van der Waals surface area contributed by atoms with E-state index in [1.807, 2.05) is 30.3 Å². The van der Waals surface area contributed by atoms with E-state index >= 15 is 0 Å². The first-order valence-corrected chi connectivity index (χ1v) is 10.5. The minimum absolute atomic E-state index is 0.197. The second kappa shape index (κ2) is 10.4. The molecule has 1 heterocycles. The molecule has 8 heteroatoms. The first-order chi connectivity index (χ1) is 14.5. The Labute approximate surface area is 183 Å². The van der Waals surface area contributed by atoms with Crippen molar-refractivity contribution < 1.29 is 18.7 Å². The van der Waals surface area contributed by atoms with Crippen LogP contribution in [0.25, 0.3) is 11.1 Å². The number of halogens is 2. The first kappa shape index (κ1) is 22.0. The number of cyclic esters (lactones) is 1. The second-order valence-corrected chi connectivity index (χ2v) is 7.44. The van der Waals surface area contributed by atoms with E-state index in [1.165, 1.54) is 17.9 Å². The molecular weight excluding hydrogens is 453 g/mol. The van der Waals surface area contributed by atoms with Gasteiger partial charge in [0.15, 0.2) is 0 Å². The van der Waals surface area contributed by atoms with Gasteiger partial charge in [0.25, 0.3) is 0 Å². The molecule has 0 aromatic heterocycles. The highest BCUT2D eigenvalue weighted by Gasteiger charge is 2.32. The highest BCUT2D eigenvalue weighted by molar-refractivity contribution is 9.11. The molecule has 0 aliphatic carbocycles. The molecule has 2 aromatic rings. The molecule has 3 rings (SSSR count). The monoisotopic (exact) mass is 475 g/mol. The highest BCUT2D eigenvalue weighted by atomic mass is 79.9. The van der Waals surface area contributed by atoms with Gasteiger partial charge in [-0.05, 0) is 34.3 Å². The molecule has 2 aromatic carbocycles. The Morgan fingerprint density at radius 3 is 2.73 bits per heavy atom. The Bertz CT molecular complexity index is 934. The maximum absolute atomic E-state index is 14.8. The summed E-state index contributed by atoms with van der Waals surface area (Å²) in [5.74, 6) is -0.614. The Kier molecular flexibility index (Phi) is 7.59. The zero-order valence-corrected chi connectivity index (χ0v) is 18.1. The Morgan fingerprint density at radius 2 is 2.07 bits per heavy atom. The van der Waals surface area contributed by atoms with Crippen LogP contribution >= 0.6 is 15.9 Å². The average molecular weight is 476 g/mol. The number of ether oxygens (including phenoxy) is 1. The molecule has 158 valence electrons. The number of benzene rings is 2. The largest absolute Gasteiger partial charge is 0.442 e. The van der Waals surface area contributed by atoms with E-state index in [2.05, 4.69) is 26.6 Å². The van der Waals surface area contributed by atoms with Crippen LogP contribution in [0.2, 0.25) is 0 Å². The van der Waals surface area contributed by atoms with Crippen LogP contribution in [0.15, 0.2) is 53.5 Å². The number of hydrogen-bond acceptors (Lipinski definition) is 4. The normalized spacial score (nSPS) is 16.2. The zero-order chi connectivity index (χ0) is 21.5. The van der Waals surface area contributed by atoms with E-state index in [0.717, 1.165) is 24.2 Å². The van der Waals surface area contributed by atoms with Gasteiger partial charge in [0.1, 0.15) is 11.9 Å². The summed E-state index contributed by atoms with van der Waals surface area (Å²) in [5, 5.41) is 5.89. The van der Waals surface area contributed by atoms with Gasteiger partial charge in [-0.25, -0.2) is 9.18 Å². The van der Waals surface area contributed by atoms with Crippen LogP contribution in [-0.4, -0.2) is 37.7 Å². The van der Waals surface area contributed by atoms with Crippen LogP contribution in [0.3, 0.4) is 0 Å². The predicted molar refractivity (Wildman–Crippen MR) is 118 cm³/mol. The quantitative estimate of drug-likeness (QED) is 0.567. The Morgan fingerprint density at radius 1 is 1.30 bits per heavy atom. The van der Waals surface area contributed by atoms with Crippen molar-refractivity contribution in [1.29, 1.82) is 0 Å². The van der Waals surface area contributed by atoms with Crippen molar-refractivity contribution in [2.24, 2.45) is 0 Å². The number of anilines is 1. The highest BCUT2D eigenvalue weighted by Crippen LogP contribution is 2.29. The van der Waals surface area contributed by atoms with E-state index in [1.54, 1.807) is 17.1 Å². The molecular formula is C22H23BrFN3O3. The lowest BCUT2D eigenvalue weighted by atomic mass is 10.0. The molecule has 1 fully saturated rings. The number of carbonyl (C=O) groups is 2. The third-order valence-electron chi connectivity index (χ3n) is 4.66. The number of nitrogens with zero attached hydrogens (tertiary/aromatic N) is 1. The number of rotatable bonds is 8. The van der Waals surface area contributed by atoms with E-state index in [0.29, 0.717) is 11.3 Å². The van der Waals surface area contributed by atoms with Gasteiger partial charge in [0.2, 0.25) is 5.91 Å². The lowest BCUT2D eigenvalue weighted by Gasteiger charge is -2.15. The van der Waals surface area contributed by atoms with Gasteiger partial charge in [0.05, 0.1) is 18.8 Å². The topological polar surface area (TPSA) is 70.7 Å². The van der Waals surface area contributed by atoms with Gasteiger partial charge in [0, 0.05) is 25.6 Å². The van der Waals surface area contributed by atoms with Gasteiger partial charge < -0.3 is 15.4 Å². The average Bonchev–Trinajstić information content (AvgIpc) is 3.11. The van der Waals surface area contributed by atoms with Crippen LogP contribution in [0.5, 0.6) is 0 Å². The number of nitrogens with one attached hydrogen (secondary N) is 2. The van der Waals surface area contributed by atoms with Crippen LogP contribution < -0.4 is 15.5 Å². The number of carbonyl (C=O) groups excluding carboxylic acids is 2. The van der Waals surface area contributed by atoms with Gasteiger partial charge >= 0.3 is 6.09 Å². The van der Waals surface area contributed by atoms with Crippen molar-refractivity contribution in [3.05, 3.63) is 64.9 Å².